The Bertz CT molecular complexity index is 842. The van der Waals surface area contributed by atoms with Crippen molar-refractivity contribution >= 4 is 15.9 Å². The number of amides is 1. The van der Waals surface area contributed by atoms with Crippen LogP contribution in [0.4, 0.5) is 0 Å². The largest absolute Gasteiger partial charge is 0.338 e. The number of fused-ring (bicyclic) bond motifs is 1. The van der Waals surface area contributed by atoms with Crippen molar-refractivity contribution in [1.29, 1.82) is 0 Å². The first-order valence-corrected chi connectivity index (χ1v) is 11.3. The van der Waals surface area contributed by atoms with E-state index in [1.54, 1.807) is 12.1 Å². The van der Waals surface area contributed by atoms with Gasteiger partial charge in [0.2, 0.25) is 15.9 Å². The maximum Gasteiger partial charge on any atom is 0.238 e. The lowest BCUT2D eigenvalue weighted by atomic mass is 9.49. The van der Waals surface area contributed by atoms with Gasteiger partial charge < -0.3 is 4.90 Å². The highest BCUT2D eigenvalue weighted by molar-refractivity contribution is 7.89. The van der Waals surface area contributed by atoms with Gasteiger partial charge in [-0.1, -0.05) is 6.07 Å². The lowest BCUT2D eigenvalue weighted by Gasteiger charge is -2.56. The molecule has 140 valence electrons. The summed E-state index contributed by atoms with van der Waals surface area (Å²) in [5.74, 6) is 2.56. The second kappa shape index (κ2) is 5.55. The van der Waals surface area contributed by atoms with Crippen molar-refractivity contribution in [2.45, 2.75) is 56.4 Å². The molecule has 0 unspecified atom stereocenters. The smallest absolute Gasteiger partial charge is 0.238 e. The van der Waals surface area contributed by atoms with Crippen LogP contribution >= 0.6 is 0 Å². The molecule has 4 bridgehead atoms. The molecule has 4 saturated carbocycles. The molecule has 0 saturated heterocycles. The van der Waals surface area contributed by atoms with Crippen molar-refractivity contribution < 1.29 is 13.2 Å². The van der Waals surface area contributed by atoms with Gasteiger partial charge in [-0.2, -0.15) is 0 Å². The van der Waals surface area contributed by atoms with E-state index in [4.69, 9.17) is 5.14 Å². The minimum atomic E-state index is -3.71. The van der Waals surface area contributed by atoms with Crippen LogP contribution in [0.3, 0.4) is 0 Å². The molecule has 1 aromatic carbocycles. The lowest BCUT2D eigenvalue weighted by molar-refractivity contribution is -0.158. The predicted octanol–water partition coefficient (Wildman–Crippen LogP) is 2.44. The number of carbonyl (C=O) groups excluding carboxylic acids is 1. The molecule has 0 atom stereocenters. The molecule has 0 spiro atoms. The average molecular weight is 375 g/mol. The minimum Gasteiger partial charge on any atom is -0.338 e. The highest BCUT2D eigenvalue weighted by Gasteiger charge is 2.55. The Morgan fingerprint density at radius 2 is 1.65 bits per heavy atom. The summed E-state index contributed by atoms with van der Waals surface area (Å²) in [5, 5.41) is 5.28. The zero-order chi connectivity index (χ0) is 18.1. The highest BCUT2D eigenvalue weighted by atomic mass is 32.2. The van der Waals surface area contributed by atoms with Crippen molar-refractivity contribution in [2.75, 3.05) is 6.54 Å². The predicted molar refractivity (Wildman–Crippen MR) is 97.5 cm³/mol. The van der Waals surface area contributed by atoms with Gasteiger partial charge in [0.05, 0.1) is 10.3 Å². The van der Waals surface area contributed by atoms with Crippen molar-refractivity contribution in [2.24, 2.45) is 28.3 Å². The monoisotopic (exact) mass is 374 g/mol. The van der Waals surface area contributed by atoms with E-state index in [2.05, 4.69) is 0 Å². The Hall–Kier alpha value is -1.40. The van der Waals surface area contributed by atoms with Gasteiger partial charge in [0.15, 0.2) is 0 Å². The molecule has 2 N–H and O–H groups in total. The van der Waals surface area contributed by atoms with Gasteiger partial charge in [-0.05, 0) is 86.0 Å². The van der Waals surface area contributed by atoms with Crippen LogP contribution in [0.2, 0.25) is 0 Å². The van der Waals surface area contributed by atoms with E-state index in [9.17, 15) is 13.2 Å². The van der Waals surface area contributed by atoms with E-state index < -0.39 is 10.0 Å². The molecule has 4 fully saturated rings. The van der Waals surface area contributed by atoms with Gasteiger partial charge in [-0.25, -0.2) is 13.6 Å². The summed E-state index contributed by atoms with van der Waals surface area (Å²) in [6.45, 7) is 1.25. The molecule has 1 heterocycles. The molecule has 6 rings (SSSR count). The molecular weight excluding hydrogens is 348 g/mol. The van der Waals surface area contributed by atoms with E-state index in [1.807, 2.05) is 11.0 Å². The molecule has 5 nitrogen and oxygen atoms in total. The van der Waals surface area contributed by atoms with Gasteiger partial charge in [0.1, 0.15) is 0 Å². The average Bonchev–Trinajstić information content (AvgIpc) is 2.58. The Labute approximate surface area is 155 Å². The topological polar surface area (TPSA) is 80.5 Å². The standard InChI is InChI=1S/C20H26N2O3S/c21-26(24,25)18-2-1-16-3-4-22(12-17(16)8-18)19(23)20-9-13-5-14(10-20)7-15(6-13)11-20/h1-2,8,13-15H,3-7,9-12H2,(H2,21,24,25). The van der Waals surface area contributed by atoms with E-state index in [-0.39, 0.29) is 10.3 Å². The van der Waals surface area contributed by atoms with Gasteiger partial charge in [0.25, 0.3) is 0 Å². The molecule has 0 aromatic heterocycles. The molecule has 6 heteroatoms. The Balaban J connectivity index is 1.41. The van der Waals surface area contributed by atoms with E-state index >= 15 is 0 Å². The number of rotatable bonds is 2. The highest BCUT2D eigenvalue weighted by Crippen LogP contribution is 2.60. The number of primary sulfonamides is 1. The van der Waals surface area contributed by atoms with Crippen LogP contribution in [0, 0.1) is 23.2 Å². The van der Waals surface area contributed by atoms with Crippen molar-refractivity contribution in [3.63, 3.8) is 0 Å². The molecule has 26 heavy (non-hydrogen) atoms. The third-order valence-corrected chi connectivity index (χ3v) is 8.21. The Morgan fingerprint density at radius 3 is 2.23 bits per heavy atom. The molecular formula is C20H26N2O3S. The van der Waals surface area contributed by atoms with Gasteiger partial charge in [-0.3, -0.25) is 4.79 Å². The SMILES string of the molecule is NS(=O)(=O)c1ccc2c(c1)CN(C(=O)C13CC4CC(CC(C4)C1)C3)CC2. The van der Waals surface area contributed by atoms with Crippen LogP contribution in [-0.2, 0) is 27.8 Å². The fraction of sp³-hybridized carbons (Fsp3) is 0.650. The summed E-state index contributed by atoms with van der Waals surface area (Å²) in [6, 6.07) is 5.08. The van der Waals surface area contributed by atoms with E-state index in [0.717, 1.165) is 61.1 Å². The summed E-state index contributed by atoms with van der Waals surface area (Å²) in [6.07, 6.45) is 7.97. The zero-order valence-electron chi connectivity index (χ0n) is 15.0. The van der Waals surface area contributed by atoms with Gasteiger partial charge >= 0.3 is 0 Å². The van der Waals surface area contributed by atoms with Crippen LogP contribution in [-0.4, -0.2) is 25.8 Å². The number of hydrogen-bond acceptors (Lipinski definition) is 3. The quantitative estimate of drug-likeness (QED) is 0.863. The zero-order valence-corrected chi connectivity index (χ0v) is 15.8. The fourth-order valence-electron chi connectivity index (χ4n) is 6.59. The first-order chi connectivity index (χ1) is 12.3. The molecule has 1 aliphatic heterocycles. The van der Waals surface area contributed by atoms with Crippen LogP contribution < -0.4 is 5.14 Å². The van der Waals surface area contributed by atoms with E-state index in [0.29, 0.717) is 12.5 Å². The van der Waals surface area contributed by atoms with Crippen LogP contribution in [0.1, 0.15) is 49.7 Å². The maximum atomic E-state index is 13.5. The van der Waals surface area contributed by atoms with Crippen LogP contribution in [0.25, 0.3) is 0 Å². The normalized spacial score (nSPS) is 35.4. The third kappa shape index (κ3) is 2.61. The van der Waals surface area contributed by atoms with Gasteiger partial charge in [-0.15, -0.1) is 0 Å². The lowest BCUT2D eigenvalue weighted by Crippen LogP contribution is -2.55. The maximum absolute atomic E-state index is 13.5. The molecule has 5 aliphatic rings. The van der Waals surface area contributed by atoms with Crippen molar-refractivity contribution in [3.05, 3.63) is 29.3 Å². The van der Waals surface area contributed by atoms with Crippen LogP contribution in [0.5, 0.6) is 0 Å². The minimum absolute atomic E-state index is 0.135. The summed E-state index contributed by atoms with van der Waals surface area (Å²) >= 11 is 0. The Kier molecular flexibility index (Phi) is 3.58. The number of hydrogen-bond donors (Lipinski definition) is 1. The first-order valence-electron chi connectivity index (χ1n) is 9.76. The van der Waals surface area contributed by atoms with Crippen molar-refractivity contribution in [3.8, 4) is 0 Å². The number of nitrogens with two attached hydrogens (primary N) is 1. The molecule has 1 aromatic rings. The summed E-state index contributed by atoms with van der Waals surface area (Å²) in [5.41, 5.74) is 1.93. The molecule has 1 amide bonds. The second-order valence-corrected chi connectivity index (χ2v) is 10.7. The van der Waals surface area contributed by atoms with E-state index in [1.165, 1.54) is 19.3 Å². The Morgan fingerprint density at radius 1 is 1.04 bits per heavy atom. The number of benzene rings is 1. The summed E-state index contributed by atoms with van der Waals surface area (Å²) < 4.78 is 23.3. The summed E-state index contributed by atoms with van der Waals surface area (Å²) in [4.78, 5) is 15.7. The molecule has 0 radical (unpaired) electrons. The van der Waals surface area contributed by atoms with Gasteiger partial charge in [0, 0.05) is 13.1 Å². The number of carbonyl (C=O) groups is 1. The summed E-state index contributed by atoms with van der Waals surface area (Å²) in [7, 11) is -3.71. The van der Waals surface area contributed by atoms with Crippen LogP contribution in [0.15, 0.2) is 23.1 Å². The second-order valence-electron chi connectivity index (χ2n) is 9.15. The third-order valence-electron chi connectivity index (χ3n) is 7.30. The van der Waals surface area contributed by atoms with Crippen molar-refractivity contribution in [1.82, 2.24) is 4.90 Å². The fourth-order valence-corrected chi connectivity index (χ4v) is 7.16. The number of sulfonamides is 1. The first kappa shape index (κ1) is 16.8. The molecule has 4 aliphatic carbocycles. The number of nitrogens with zero attached hydrogens (tertiary/aromatic N) is 1.